The van der Waals surface area contributed by atoms with Crippen molar-refractivity contribution in [1.82, 2.24) is 0 Å². The van der Waals surface area contributed by atoms with Crippen molar-refractivity contribution in [3.05, 3.63) is 48.6 Å². The van der Waals surface area contributed by atoms with E-state index in [9.17, 15) is 14.4 Å². The van der Waals surface area contributed by atoms with Crippen molar-refractivity contribution in [3.8, 4) is 0 Å². The fourth-order valence-electron chi connectivity index (χ4n) is 7.99. The molecule has 0 bridgehead atoms. The lowest BCUT2D eigenvalue weighted by molar-refractivity contribution is -0.167. The van der Waals surface area contributed by atoms with Gasteiger partial charge in [0.2, 0.25) is 0 Å². The summed E-state index contributed by atoms with van der Waals surface area (Å²) in [5.41, 5.74) is 0. The molecule has 0 radical (unpaired) electrons. The Morgan fingerprint density at radius 1 is 0.308 bits per heavy atom. The summed E-state index contributed by atoms with van der Waals surface area (Å²) in [6.07, 6.45) is 65.2. The Morgan fingerprint density at radius 2 is 0.554 bits per heavy atom. The molecule has 0 spiro atoms. The molecule has 0 aliphatic carbocycles. The van der Waals surface area contributed by atoms with Crippen molar-refractivity contribution in [2.45, 2.75) is 297 Å². The van der Waals surface area contributed by atoms with Gasteiger partial charge in [0, 0.05) is 19.3 Å². The molecule has 0 amide bonds. The van der Waals surface area contributed by atoms with Crippen molar-refractivity contribution in [3.63, 3.8) is 0 Å². The highest BCUT2D eigenvalue weighted by molar-refractivity contribution is 5.71. The standard InChI is InChI=1S/C59H106O6/c1-4-7-10-13-16-19-22-25-27-28-29-30-32-34-37-40-43-46-49-52-58(61)64-55-56(54-63-57(60)51-48-45-42-39-36-33-24-21-18-15-12-9-6-3)65-59(62)53-50-47-44-41-38-35-31-26-23-20-17-14-11-8-5-2/h17,20-21,24,26,28-29,31,56H,4-16,18-19,22-23,25,27,30,32-55H2,1-3H3/b20-17-,24-21-,29-28-,31-26-/t56-/m1/s1. The number of allylic oxidation sites excluding steroid dienone is 8. The third-order valence-electron chi connectivity index (χ3n) is 12.3. The number of hydrogen-bond acceptors (Lipinski definition) is 6. The van der Waals surface area contributed by atoms with Gasteiger partial charge in [-0.2, -0.15) is 0 Å². The van der Waals surface area contributed by atoms with Gasteiger partial charge in [-0.05, 0) is 103 Å². The topological polar surface area (TPSA) is 78.9 Å². The molecule has 0 aromatic heterocycles. The lowest BCUT2D eigenvalue weighted by Crippen LogP contribution is -2.30. The van der Waals surface area contributed by atoms with Gasteiger partial charge < -0.3 is 14.2 Å². The van der Waals surface area contributed by atoms with E-state index in [0.717, 1.165) is 89.9 Å². The molecule has 378 valence electrons. The molecule has 0 aromatic rings. The Kier molecular flexibility index (Phi) is 51.8. The summed E-state index contributed by atoms with van der Waals surface area (Å²) in [4.78, 5) is 38.1. The zero-order valence-corrected chi connectivity index (χ0v) is 43.3. The first-order valence-corrected chi connectivity index (χ1v) is 28.1. The molecular weight excluding hydrogens is 805 g/mol. The summed E-state index contributed by atoms with van der Waals surface area (Å²) in [6, 6.07) is 0. The first-order valence-electron chi connectivity index (χ1n) is 28.1. The van der Waals surface area contributed by atoms with E-state index in [0.29, 0.717) is 19.3 Å². The van der Waals surface area contributed by atoms with Gasteiger partial charge in [0.1, 0.15) is 13.2 Å². The molecular formula is C59H106O6. The van der Waals surface area contributed by atoms with Gasteiger partial charge in [0.15, 0.2) is 6.10 Å². The van der Waals surface area contributed by atoms with Crippen LogP contribution in [0.25, 0.3) is 0 Å². The number of esters is 3. The number of ether oxygens (including phenoxy) is 3. The van der Waals surface area contributed by atoms with Crippen molar-refractivity contribution in [2.75, 3.05) is 13.2 Å². The predicted octanol–water partition coefficient (Wildman–Crippen LogP) is 18.7. The maximum absolute atomic E-state index is 12.8. The molecule has 0 rings (SSSR count). The number of carbonyl (C=O) groups is 3. The highest BCUT2D eigenvalue weighted by Crippen LogP contribution is 2.15. The molecule has 0 aliphatic rings. The van der Waals surface area contributed by atoms with Gasteiger partial charge in [0.25, 0.3) is 0 Å². The number of hydrogen-bond donors (Lipinski definition) is 0. The van der Waals surface area contributed by atoms with Crippen LogP contribution in [-0.4, -0.2) is 37.2 Å². The summed E-state index contributed by atoms with van der Waals surface area (Å²) in [6.45, 7) is 6.60. The molecule has 65 heavy (non-hydrogen) atoms. The predicted molar refractivity (Wildman–Crippen MR) is 279 cm³/mol. The summed E-state index contributed by atoms with van der Waals surface area (Å²) < 4.78 is 16.8. The largest absolute Gasteiger partial charge is 0.462 e. The van der Waals surface area contributed by atoms with E-state index < -0.39 is 6.10 Å². The summed E-state index contributed by atoms with van der Waals surface area (Å²) in [5, 5.41) is 0. The monoisotopic (exact) mass is 911 g/mol. The van der Waals surface area contributed by atoms with Crippen LogP contribution in [0.4, 0.5) is 0 Å². The zero-order chi connectivity index (χ0) is 47.2. The molecule has 0 heterocycles. The van der Waals surface area contributed by atoms with Crippen molar-refractivity contribution < 1.29 is 28.6 Å². The van der Waals surface area contributed by atoms with E-state index in [1.165, 1.54) is 161 Å². The molecule has 0 aromatic carbocycles. The first kappa shape index (κ1) is 62.4. The van der Waals surface area contributed by atoms with Crippen molar-refractivity contribution in [2.24, 2.45) is 0 Å². The van der Waals surface area contributed by atoms with E-state index in [2.05, 4.69) is 69.4 Å². The number of carbonyl (C=O) groups excluding carboxylic acids is 3. The molecule has 0 fully saturated rings. The Morgan fingerprint density at radius 3 is 0.908 bits per heavy atom. The fraction of sp³-hybridized carbons (Fsp3) is 0.814. The fourth-order valence-corrected chi connectivity index (χ4v) is 7.99. The van der Waals surface area contributed by atoms with Crippen molar-refractivity contribution in [1.29, 1.82) is 0 Å². The second-order valence-corrected chi connectivity index (χ2v) is 18.8. The molecule has 0 saturated carbocycles. The Balaban J connectivity index is 4.37. The Bertz CT molecular complexity index is 1140. The van der Waals surface area contributed by atoms with E-state index in [1.54, 1.807) is 0 Å². The van der Waals surface area contributed by atoms with Gasteiger partial charge in [-0.15, -0.1) is 0 Å². The van der Waals surface area contributed by atoms with Crippen LogP contribution in [0.1, 0.15) is 290 Å². The molecule has 0 unspecified atom stereocenters. The van der Waals surface area contributed by atoms with Crippen LogP contribution < -0.4 is 0 Å². The normalized spacial score (nSPS) is 12.4. The Hall–Kier alpha value is -2.63. The van der Waals surface area contributed by atoms with Crippen LogP contribution >= 0.6 is 0 Å². The maximum atomic E-state index is 12.8. The van der Waals surface area contributed by atoms with Gasteiger partial charge in [0.05, 0.1) is 0 Å². The summed E-state index contributed by atoms with van der Waals surface area (Å²) in [7, 11) is 0. The minimum absolute atomic E-state index is 0.0826. The number of rotatable bonds is 51. The van der Waals surface area contributed by atoms with Crippen LogP contribution in [0.5, 0.6) is 0 Å². The quantitative estimate of drug-likeness (QED) is 0.0262. The SMILES string of the molecule is CCCCC/C=C\C/C=C\CCCCCCCC(=O)O[C@H](COC(=O)CCCCCCC/C=C\CCCCCC)COC(=O)CCCCCCCCC/C=C\CCCCCCCCCC. The van der Waals surface area contributed by atoms with E-state index in [1.807, 2.05) is 0 Å². The first-order chi connectivity index (χ1) is 32.0. The second-order valence-electron chi connectivity index (χ2n) is 18.8. The smallest absolute Gasteiger partial charge is 0.306 e. The molecule has 6 nitrogen and oxygen atoms in total. The summed E-state index contributed by atoms with van der Waals surface area (Å²) >= 11 is 0. The lowest BCUT2D eigenvalue weighted by atomic mass is 10.1. The third-order valence-corrected chi connectivity index (χ3v) is 12.3. The summed E-state index contributed by atoms with van der Waals surface area (Å²) in [5.74, 6) is -0.899. The van der Waals surface area contributed by atoms with Crippen LogP contribution in [0, 0.1) is 0 Å². The van der Waals surface area contributed by atoms with E-state index in [4.69, 9.17) is 14.2 Å². The van der Waals surface area contributed by atoms with Crippen molar-refractivity contribution >= 4 is 17.9 Å². The maximum Gasteiger partial charge on any atom is 0.306 e. The minimum Gasteiger partial charge on any atom is -0.462 e. The van der Waals surface area contributed by atoms with Crippen LogP contribution in [-0.2, 0) is 28.6 Å². The molecule has 1 atom stereocenters. The van der Waals surface area contributed by atoms with Gasteiger partial charge in [-0.25, -0.2) is 0 Å². The van der Waals surface area contributed by atoms with Gasteiger partial charge in [-0.3, -0.25) is 14.4 Å². The van der Waals surface area contributed by atoms with Gasteiger partial charge in [-0.1, -0.05) is 217 Å². The minimum atomic E-state index is -0.784. The van der Waals surface area contributed by atoms with Crippen LogP contribution in [0.15, 0.2) is 48.6 Å². The average molecular weight is 911 g/mol. The van der Waals surface area contributed by atoms with Crippen LogP contribution in [0.2, 0.25) is 0 Å². The highest BCUT2D eigenvalue weighted by atomic mass is 16.6. The zero-order valence-electron chi connectivity index (χ0n) is 43.3. The molecule has 0 saturated heterocycles. The Labute approximate surface area is 403 Å². The lowest BCUT2D eigenvalue weighted by Gasteiger charge is -2.18. The van der Waals surface area contributed by atoms with Gasteiger partial charge >= 0.3 is 17.9 Å². The van der Waals surface area contributed by atoms with E-state index in [-0.39, 0.29) is 31.1 Å². The third kappa shape index (κ3) is 52.2. The molecule has 6 heteroatoms. The van der Waals surface area contributed by atoms with E-state index >= 15 is 0 Å². The second kappa shape index (κ2) is 54.0. The number of unbranched alkanes of at least 4 members (excludes halogenated alkanes) is 32. The van der Waals surface area contributed by atoms with Crippen LogP contribution in [0.3, 0.4) is 0 Å². The molecule has 0 aliphatic heterocycles. The molecule has 0 N–H and O–H groups in total. The highest BCUT2D eigenvalue weighted by Gasteiger charge is 2.19. The average Bonchev–Trinajstić information content (AvgIpc) is 3.30.